The van der Waals surface area contributed by atoms with Crippen molar-refractivity contribution in [3.63, 3.8) is 0 Å². The van der Waals surface area contributed by atoms with Crippen LogP contribution in [0, 0.1) is 10.1 Å². The van der Waals surface area contributed by atoms with Gasteiger partial charge in [0.1, 0.15) is 5.52 Å². The Morgan fingerprint density at radius 1 is 1.19 bits per heavy atom. The quantitative estimate of drug-likeness (QED) is 0.220. The molecule has 0 saturated heterocycles. The number of aromatic amines is 1. The number of carbonyl (C=O) groups excluding carboxylic acids is 1. The zero-order valence-corrected chi connectivity index (χ0v) is 17.9. The van der Waals surface area contributed by atoms with Crippen molar-refractivity contribution in [2.75, 3.05) is 11.1 Å². The van der Waals surface area contributed by atoms with Crippen molar-refractivity contribution in [1.82, 2.24) is 25.1 Å². The van der Waals surface area contributed by atoms with E-state index in [4.69, 9.17) is 0 Å². The molecule has 0 bridgehead atoms. The Bertz CT molecular complexity index is 1450. The maximum atomic E-state index is 12.3. The van der Waals surface area contributed by atoms with Gasteiger partial charge in [-0.3, -0.25) is 14.9 Å². The van der Waals surface area contributed by atoms with E-state index in [-0.39, 0.29) is 29.8 Å². The van der Waals surface area contributed by atoms with E-state index in [0.29, 0.717) is 31.7 Å². The van der Waals surface area contributed by atoms with Gasteiger partial charge in [-0.05, 0) is 12.1 Å². The van der Waals surface area contributed by atoms with Gasteiger partial charge >= 0.3 is 0 Å². The van der Waals surface area contributed by atoms with Gasteiger partial charge in [0, 0.05) is 23.0 Å². The number of non-ortho nitro benzene ring substituents is 1. The van der Waals surface area contributed by atoms with Crippen LogP contribution in [-0.2, 0) is 4.79 Å². The van der Waals surface area contributed by atoms with Crippen LogP contribution < -0.4 is 5.32 Å². The van der Waals surface area contributed by atoms with Gasteiger partial charge in [0.15, 0.2) is 10.8 Å². The molecule has 0 aliphatic heterocycles. The molecule has 3 aromatic heterocycles. The van der Waals surface area contributed by atoms with Crippen LogP contribution in [0.15, 0.2) is 47.6 Å². The van der Waals surface area contributed by atoms with Crippen molar-refractivity contribution in [3.05, 3.63) is 52.6 Å². The second kappa shape index (κ2) is 8.41. The van der Waals surface area contributed by atoms with Gasteiger partial charge in [-0.15, -0.1) is 22.6 Å². The van der Waals surface area contributed by atoms with Crippen molar-refractivity contribution in [3.8, 4) is 0 Å². The number of nitrogens with zero attached hydrogens (tertiary/aromatic N) is 5. The summed E-state index contributed by atoms with van der Waals surface area (Å²) >= 11 is 2.33. The maximum Gasteiger partial charge on any atom is 0.270 e. The maximum absolute atomic E-state index is 12.3. The number of nitro benzene ring substituents is 1. The minimum Gasteiger partial charge on any atom is -0.338 e. The van der Waals surface area contributed by atoms with Crippen LogP contribution in [0.1, 0.15) is 0 Å². The lowest BCUT2D eigenvalue weighted by molar-refractivity contribution is -0.384. The molecule has 0 aliphatic rings. The van der Waals surface area contributed by atoms with Crippen LogP contribution in [0.4, 0.5) is 10.8 Å². The van der Waals surface area contributed by atoms with E-state index in [1.165, 1.54) is 23.5 Å². The summed E-state index contributed by atoms with van der Waals surface area (Å²) in [6, 6.07) is 12.1. The number of amides is 1. The first-order chi connectivity index (χ1) is 14.6. The molecule has 13 heteroatoms. The van der Waals surface area contributed by atoms with E-state index in [0.717, 1.165) is 22.7 Å². The highest BCUT2D eigenvalue weighted by Gasteiger charge is 2.14. The summed E-state index contributed by atoms with van der Waals surface area (Å²) in [5.41, 5.74) is 2.79. The van der Waals surface area contributed by atoms with E-state index in [1.807, 2.05) is 24.3 Å². The van der Waals surface area contributed by atoms with Crippen molar-refractivity contribution in [2.45, 2.75) is 5.16 Å². The summed E-state index contributed by atoms with van der Waals surface area (Å²) in [6.45, 7) is 0. The number of halogens is 1. The number of anilines is 1. The number of thiazole rings is 1. The van der Waals surface area contributed by atoms with Crippen LogP contribution in [-0.4, -0.2) is 41.7 Å². The Kier molecular flexibility index (Phi) is 5.67. The molecule has 0 unspecified atom stereocenters. The predicted molar refractivity (Wildman–Crippen MR) is 122 cm³/mol. The fraction of sp³-hybridized carbons (Fsp3) is 0.0556. The molecule has 1 amide bonds. The molecule has 31 heavy (non-hydrogen) atoms. The topological polar surface area (TPSA) is 140 Å². The monoisotopic (exact) mass is 473 g/mol. The average molecular weight is 474 g/mol. The molecule has 0 aliphatic carbocycles. The number of nitro groups is 1. The molecule has 0 radical (unpaired) electrons. The highest BCUT2D eigenvalue weighted by molar-refractivity contribution is 7.99. The molecule has 5 rings (SSSR count). The van der Waals surface area contributed by atoms with Gasteiger partial charge in [-0.2, -0.15) is 0 Å². The van der Waals surface area contributed by atoms with Gasteiger partial charge in [0.25, 0.3) is 5.69 Å². The fourth-order valence-corrected chi connectivity index (χ4v) is 4.43. The first-order valence-corrected chi connectivity index (χ1v) is 10.5. The van der Waals surface area contributed by atoms with Gasteiger partial charge in [-0.1, -0.05) is 41.3 Å². The van der Waals surface area contributed by atoms with E-state index in [2.05, 4.69) is 30.5 Å². The molecule has 0 fully saturated rings. The minimum absolute atomic E-state index is 0. The molecule has 0 atom stereocenters. The first kappa shape index (κ1) is 20.9. The highest BCUT2D eigenvalue weighted by atomic mass is 35.5. The van der Waals surface area contributed by atoms with Gasteiger partial charge in [0.2, 0.25) is 11.1 Å². The molecule has 156 valence electrons. The molecular formula is C18H12ClN7O3S2. The molecule has 2 aromatic carbocycles. The largest absolute Gasteiger partial charge is 0.338 e. The lowest BCUT2D eigenvalue weighted by Gasteiger charge is -2.00. The number of para-hydroxylation sites is 1. The van der Waals surface area contributed by atoms with Crippen LogP contribution >= 0.6 is 35.5 Å². The normalized spacial score (nSPS) is 11.0. The molecule has 10 nitrogen and oxygen atoms in total. The predicted octanol–water partition coefficient (Wildman–Crippen LogP) is 4.18. The third-order valence-corrected chi connectivity index (χ3v) is 6.04. The second-order valence-corrected chi connectivity index (χ2v) is 8.20. The number of hydrogen-bond donors (Lipinski definition) is 2. The molecule has 2 N–H and O–H groups in total. The number of H-pyrrole nitrogens is 1. The average Bonchev–Trinajstić information content (AvgIpc) is 3.31. The smallest absolute Gasteiger partial charge is 0.270 e. The molecular weight excluding hydrogens is 462 g/mol. The Morgan fingerprint density at radius 3 is 2.87 bits per heavy atom. The Labute approximate surface area is 188 Å². The van der Waals surface area contributed by atoms with Crippen LogP contribution in [0.2, 0.25) is 0 Å². The van der Waals surface area contributed by atoms with Crippen molar-refractivity contribution in [1.29, 1.82) is 0 Å². The summed E-state index contributed by atoms with van der Waals surface area (Å²) in [7, 11) is 0. The molecule has 5 aromatic rings. The number of carbonyl (C=O) groups is 1. The Balaban J connectivity index is 0.00000231. The van der Waals surface area contributed by atoms with E-state index < -0.39 is 4.92 Å². The number of thioether (sulfide) groups is 1. The second-order valence-electron chi connectivity index (χ2n) is 6.23. The van der Waals surface area contributed by atoms with Gasteiger partial charge in [0.05, 0.1) is 20.9 Å². The number of benzene rings is 2. The summed E-state index contributed by atoms with van der Waals surface area (Å²) < 4.78 is 0.629. The van der Waals surface area contributed by atoms with Crippen molar-refractivity contribution in [2.24, 2.45) is 0 Å². The zero-order chi connectivity index (χ0) is 20.7. The molecule has 3 heterocycles. The lowest BCUT2D eigenvalue weighted by atomic mass is 10.2. The minimum atomic E-state index is -0.466. The summed E-state index contributed by atoms with van der Waals surface area (Å²) in [6.07, 6.45) is 0. The van der Waals surface area contributed by atoms with E-state index in [1.54, 1.807) is 6.07 Å². The summed E-state index contributed by atoms with van der Waals surface area (Å²) in [5.74, 6) is -0.211. The molecule has 0 spiro atoms. The highest BCUT2D eigenvalue weighted by Crippen LogP contribution is 2.29. The van der Waals surface area contributed by atoms with E-state index in [9.17, 15) is 14.9 Å². The van der Waals surface area contributed by atoms with Gasteiger partial charge < -0.3 is 10.3 Å². The van der Waals surface area contributed by atoms with Crippen LogP contribution in [0.5, 0.6) is 0 Å². The van der Waals surface area contributed by atoms with Crippen LogP contribution in [0.25, 0.3) is 32.3 Å². The van der Waals surface area contributed by atoms with Crippen LogP contribution in [0.3, 0.4) is 0 Å². The number of rotatable bonds is 5. The Morgan fingerprint density at radius 2 is 2.03 bits per heavy atom. The number of aromatic nitrogens is 5. The zero-order valence-electron chi connectivity index (χ0n) is 15.4. The van der Waals surface area contributed by atoms with Crippen molar-refractivity contribution >= 4 is 84.5 Å². The summed E-state index contributed by atoms with van der Waals surface area (Å²) in [5, 5.41) is 23.6. The fourth-order valence-electron chi connectivity index (χ4n) is 2.93. The SMILES string of the molecule is Cl.O=C(CSc1nnc2c(n1)[nH]c1ccccc12)Nc1nc2ccc([N+](=O)[O-])cc2s1. The third-order valence-electron chi connectivity index (χ3n) is 4.26. The van der Waals surface area contributed by atoms with Gasteiger partial charge in [-0.25, -0.2) is 9.97 Å². The third kappa shape index (κ3) is 4.13. The Hall–Kier alpha value is -3.35. The summed E-state index contributed by atoms with van der Waals surface area (Å²) in [4.78, 5) is 34.6. The standard InChI is InChI=1S/C18H11N7O3S2.ClH/c26-14(21-17-20-12-6-5-9(25(27)28)7-13(12)30-17)8-29-18-22-16-15(23-24-18)10-3-1-2-4-11(10)19-16;/h1-7H,8H2,(H,19,22,24)(H,20,21,26);1H. The number of nitrogens with one attached hydrogen (secondary N) is 2. The first-order valence-electron chi connectivity index (χ1n) is 8.65. The number of hydrogen-bond acceptors (Lipinski definition) is 9. The van der Waals surface area contributed by atoms with Crippen molar-refractivity contribution < 1.29 is 9.72 Å². The van der Waals surface area contributed by atoms with E-state index >= 15 is 0 Å². The number of fused-ring (bicyclic) bond motifs is 4. The molecule has 0 saturated carbocycles. The lowest BCUT2D eigenvalue weighted by Crippen LogP contribution is -2.14.